The number of hydrogen-bond acceptors (Lipinski definition) is 4. The van der Waals surface area contributed by atoms with Gasteiger partial charge in [-0.3, -0.25) is 0 Å². The second-order valence-corrected chi connectivity index (χ2v) is 6.33. The number of benzene rings is 2. The molecular weight excluding hydrogens is 308 g/mol. The van der Waals surface area contributed by atoms with Gasteiger partial charge in [0.1, 0.15) is 10.5 Å². The lowest BCUT2D eigenvalue weighted by Crippen LogP contribution is -2.45. The zero-order valence-electron chi connectivity index (χ0n) is 13.0. The van der Waals surface area contributed by atoms with Crippen molar-refractivity contribution in [2.45, 2.75) is 25.6 Å². The summed E-state index contributed by atoms with van der Waals surface area (Å²) in [5, 5.41) is 22.1. The number of thiocarbonyl (C=S) groups is 1. The van der Waals surface area contributed by atoms with E-state index in [4.69, 9.17) is 12.2 Å². The number of hydrogen-bond donors (Lipinski definition) is 2. The summed E-state index contributed by atoms with van der Waals surface area (Å²) in [6.45, 7) is 3.43. The van der Waals surface area contributed by atoms with E-state index in [0.717, 1.165) is 16.6 Å². The van der Waals surface area contributed by atoms with Gasteiger partial charge in [-0.05, 0) is 26.0 Å². The molecule has 0 aliphatic carbocycles. The van der Waals surface area contributed by atoms with Crippen molar-refractivity contribution in [1.82, 2.24) is 20.3 Å². The van der Waals surface area contributed by atoms with E-state index in [-0.39, 0.29) is 0 Å². The van der Waals surface area contributed by atoms with Crippen molar-refractivity contribution in [2.24, 2.45) is 0 Å². The fraction of sp³-hybridized carbons (Fsp3) is 0.235. The van der Waals surface area contributed by atoms with Gasteiger partial charge in [-0.2, -0.15) is 0 Å². The molecule has 1 atom stereocenters. The molecule has 118 valence electrons. The summed E-state index contributed by atoms with van der Waals surface area (Å²) in [6, 6.07) is 17.3. The molecule has 0 radical (unpaired) electrons. The Morgan fingerprint density at radius 2 is 1.78 bits per heavy atom. The Bertz CT molecular complexity index is 823. The average Bonchev–Trinajstić information content (AvgIpc) is 2.96. The smallest absolute Gasteiger partial charge is 0.152 e. The van der Waals surface area contributed by atoms with Gasteiger partial charge in [0.15, 0.2) is 6.17 Å². The number of nitrogens with zero attached hydrogens (tertiary/aromatic N) is 3. The van der Waals surface area contributed by atoms with Crippen molar-refractivity contribution >= 4 is 28.2 Å². The maximum atomic E-state index is 10.6. The van der Waals surface area contributed by atoms with Gasteiger partial charge in [-0.1, -0.05) is 59.9 Å². The molecule has 2 N–H and O–H groups in total. The number of fused-ring (bicyclic) bond motifs is 1. The number of para-hydroxylation sites is 1. The fourth-order valence-corrected chi connectivity index (χ4v) is 2.66. The van der Waals surface area contributed by atoms with Gasteiger partial charge >= 0.3 is 0 Å². The summed E-state index contributed by atoms with van der Waals surface area (Å²) in [4.78, 5) is 0.553. The Kier molecular flexibility index (Phi) is 4.11. The van der Waals surface area contributed by atoms with Gasteiger partial charge in [-0.25, -0.2) is 4.68 Å². The lowest BCUT2D eigenvalue weighted by molar-refractivity contribution is 0.0128. The normalized spacial score (nSPS) is 13.0. The monoisotopic (exact) mass is 326 g/mol. The number of aliphatic hydroxyl groups is 1. The van der Waals surface area contributed by atoms with E-state index in [0.29, 0.717) is 4.99 Å². The summed E-state index contributed by atoms with van der Waals surface area (Å²) < 4.78 is 1.67. The van der Waals surface area contributed by atoms with Gasteiger partial charge in [0.05, 0.1) is 11.1 Å². The minimum Gasteiger partial charge on any atom is -0.386 e. The van der Waals surface area contributed by atoms with E-state index in [1.165, 1.54) is 0 Å². The molecule has 0 spiro atoms. The molecule has 0 saturated heterocycles. The van der Waals surface area contributed by atoms with Gasteiger partial charge in [0, 0.05) is 5.56 Å². The van der Waals surface area contributed by atoms with Crippen LogP contribution in [0.4, 0.5) is 0 Å². The van der Waals surface area contributed by atoms with Crippen LogP contribution in [0.2, 0.25) is 0 Å². The Morgan fingerprint density at radius 1 is 1.13 bits per heavy atom. The SMILES string of the molecule is CC(C)(O)C(NC(=S)c1ccccc1)n1nnc2ccccc21. The average molecular weight is 326 g/mol. The van der Waals surface area contributed by atoms with Crippen LogP contribution in [-0.4, -0.2) is 30.7 Å². The molecule has 2 aromatic carbocycles. The Balaban J connectivity index is 1.98. The first-order chi connectivity index (χ1) is 11.0. The van der Waals surface area contributed by atoms with E-state index in [1.807, 2.05) is 54.6 Å². The van der Waals surface area contributed by atoms with E-state index in [1.54, 1.807) is 18.5 Å². The highest BCUT2D eigenvalue weighted by Crippen LogP contribution is 2.23. The minimum atomic E-state index is -1.09. The second kappa shape index (κ2) is 6.06. The van der Waals surface area contributed by atoms with E-state index >= 15 is 0 Å². The number of rotatable bonds is 4. The van der Waals surface area contributed by atoms with Crippen LogP contribution in [0.15, 0.2) is 54.6 Å². The largest absolute Gasteiger partial charge is 0.386 e. The maximum absolute atomic E-state index is 10.6. The molecule has 1 aromatic heterocycles. The Labute approximate surface area is 139 Å². The molecule has 3 rings (SSSR count). The highest BCUT2D eigenvalue weighted by Gasteiger charge is 2.31. The first-order valence-corrected chi connectivity index (χ1v) is 7.76. The first-order valence-electron chi connectivity index (χ1n) is 7.35. The molecule has 0 aliphatic rings. The van der Waals surface area contributed by atoms with Crippen LogP contribution in [0.3, 0.4) is 0 Å². The van der Waals surface area contributed by atoms with Gasteiger partial charge < -0.3 is 10.4 Å². The topological polar surface area (TPSA) is 63.0 Å². The predicted molar refractivity (Wildman–Crippen MR) is 94.1 cm³/mol. The summed E-state index contributed by atoms with van der Waals surface area (Å²) in [5.74, 6) is 0. The lowest BCUT2D eigenvalue weighted by atomic mass is 10.1. The third-order valence-corrected chi connectivity index (χ3v) is 3.95. The summed E-state index contributed by atoms with van der Waals surface area (Å²) in [5.41, 5.74) is 1.41. The third-order valence-electron chi connectivity index (χ3n) is 3.59. The maximum Gasteiger partial charge on any atom is 0.152 e. The number of aromatic nitrogens is 3. The van der Waals surface area contributed by atoms with Gasteiger partial charge in [-0.15, -0.1) is 5.10 Å². The van der Waals surface area contributed by atoms with Crippen molar-refractivity contribution in [2.75, 3.05) is 0 Å². The van der Waals surface area contributed by atoms with Crippen LogP contribution in [-0.2, 0) is 0 Å². The molecule has 0 aliphatic heterocycles. The molecule has 0 saturated carbocycles. The molecule has 1 unspecified atom stereocenters. The molecule has 1 heterocycles. The quantitative estimate of drug-likeness (QED) is 0.722. The molecule has 0 amide bonds. The van der Waals surface area contributed by atoms with Crippen molar-refractivity contribution in [3.05, 3.63) is 60.2 Å². The zero-order chi connectivity index (χ0) is 16.4. The molecule has 6 heteroatoms. The third kappa shape index (κ3) is 3.23. The fourth-order valence-electron chi connectivity index (χ4n) is 2.41. The molecule has 0 fully saturated rings. The van der Waals surface area contributed by atoms with Crippen LogP contribution < -0.4 is 5.32 Å². The molecule has 3 aromatic rings. The Hall–Kier alpha value is -2.31. The predicted octanol–water partition coefficient (Wildman–Crippen LogP) is 2.67. The Morgan fingerprint density at radius 3 is 2.48 bits per heavy atom. The van der Waals surface area contributed by atoms with E-state index < -0.39 is 11.8 Å². The van der Waals surface area contributed by atoms with E-state index in [2.05, 4.69) is 15.6 Å². The highest BCUT2D eigenvalue weighted by atomic mass is 32.1. The number of nitrogens with one attached hydrogen (secondary N) is 1. The van der Waals surface area contributed by atoms with Crippen LogP contribution in [0.1, 0.15) is 25.6 Å². The molecular formula is C17H18N4OS. The molecule has 23 heavy (non-hydrogen) atoms. The first kappa shape index (κ1) is 15.6. The summed E-state index contributed by atoms with van der Waals surface area (Å²) in [7, 11) is 0. The second-order valence-electron chi connectivity index (χ2n) is 5.92. The van der Waals surface area contributed by atoms with Crippen LogP contribution >= 0.6 is 12.2 Å². The summed E-state index contributed by atoms with van der Waals surface area (Å²) in [6.07, 6.45) is -0.539. The van der Waals surface area contributed by atoms with Crippen molar-refractivity contribution in [3.8, 4) is 0 Å². The zero-order valence-corrected chi connectivity index (χ0v) is 13.8. The van der Waals surface area contributed by atoms with Gasteiger partial charge in [0.25, 0.3) is 0 Å². The van der Waals surface area contributed by atoms with Crippen molar-refractivity contribution < 1.29 is 5.11 Å². The standard InChI is InChI=1S/C17H18N4OS/c1-17(2,22)16(18-15(23)12-8-4-3-5-9-12)21-14-11-7-6-10-13(14)19-20-21/h3-11,16,22H,1-2H3,(H,18,23). The highest BCUT2D eigenvalue weighted by molar-refractivity contribution is 7.80. The van der Waals surface area contributed by atoms with Crippen LogP contribution in [0.5, 0.6) is 0 Å². The van der Waals surface area contributed by atoms with Crippen molar-refractivity contribution in [1.29, 1.82) is 0 Å². The van der Waals surface area contributed by atoms with Crippen LogP contribution in [0.25, 0.3) is 11.0 Å². The van der Waals surface area contributed by atoms with Crippen molar-refractivity contribution in [3.63, 3.8) is 0 Å². The molecule has 5 nitrogen and oxygen atoms in total. The molecule has 0 bridgehead atoms. The lowest BCUT2D eigenvalue weighted by Gasteiger charge is -2.31. The minimum absolute atomic E-state index is 0.539. The van der Waals surface area contributed by atoms with E-state index in [9.17, 15) is 5.11 Å². The van der Waals surface area contributed by atoms with Gasteiger partial charge in [0.2, 0.25) is 0 Å². The summed E-state index contributed by atoms with van der Waals surface area (Å²) >= 11 is 5.48. The van der Waals surface area contributed by atoms with Crippen LogP contribution in [0, 0.1) is 0 Å².